The number of amides is 1. The maximum absolute atomic E-state index is 13.3. The van der Waals surface area contributed by atoms with E-state index in [-0.39, 0.29) is 19.4 Å². The Kier molecular flexibility index (Phi) is 42.5. The van der Waals surface area contributed by atoms with Gasteiger partial charge in [0.25, 0.3) is 0 Å². The van der Waals surface area contributed by atoms with Gasteiger partial charge in [0.1, 0.15) is 24.4 Å². The minimum Gasteiger partial charge on any atom is -0.454 e. The van der Waals surface area contributed by atoms with Crippen LogP contribution in [-0.2, 0) is 23.8 Å². The second-order valence-corrected chi connectivity index (χ2v) is 18.6. The third-order valence-electron chi connectivity index (χ3n) is 12.4. The largest absolute Gasteiger partial charge is 0.454 e. The topological polar surface area (TPSA) is 175 Å². The lowest BCUT2D eigenvalue weighted by Crippen LogP contribution is -2.61. The number of aliphatic hydroxyl groups excluding tert-OH is 5. The van der Waals surface area contributed by atoms with E-state index in [2.05, 4.69) is 62.5 Å². The van der Waals surface area contributed by atoms with Crippen LogP contribution in [0, 0.1) is 0 Å². The third-order valence-corrected chi connectivity index (χ3v) is 12.4. The molecule has 0 bridgehead atoms. The molecule has 0 aromatic rings. The van der Waals surface area contributed by atoms with Gasteiger partial charge in [-0.1, -0.05) is 215 Å². The summed E-state index contributed by atoms with van der Waals surface area (Å²) < 4.78 is 17.5. The molecule has 1 saturated heterocycles. The summed E-state index contributed by atoms with van der Waals surface area (Å²) in [6.45, 7) is 5.49. The number of hydrogen-bond acceptors (Lipinski definition) is 10. The normalized spacial score (nSPS) is 20.5. The molecule has 1 heterocycles. The Morgan fingerprint density at radius 3 is 1.72 bits per heavy atom. The summed E-state index contributed by atoms with van der Waals surface area (Å²) >= 11 is 0. The Labute approximate surface area is 419 Å². The first-order valence-electron chi connectivity index (χ1n) is 27.4. The number of unbranched alkanes of at least 4 members (excludes halogenated alkanes) is 21. The van der Waals surface area contributed by atoms with Gasteiger partial charge in [0.2, 0.25) is 5.91 Å². The molecule has 1 amide bonds. The highest BCUT2D eigenvalue weighted by molar-refractivity contribution is 5.80. The Bertz CT molecular complexity index is 1440. The molecule has 1 aliphatic heterocycles. The molecule has 8 unspecified atom stereocenters. The van der Waals surface area contributed by atoms with Gasteiger partial charge in [0, 0.05) is 6.42 Å². The first-order valence-corrected chi connectivity index (χ1v) is 27.4. The van der Waals surface area contributed by atoms with Crippen LogP contribution in [0.2, 0.25) is 0 Å². The van der Waals surface area contributed by atoms with Crippen LogP contribution in [0.4, 0.5) is 0 Å². The first kappa shape index (κ1) is 63.9. The van der Waals surface area contributed by atoms with Crippen molar-refractivity contribution in [2.45, 2.75) is 256 Å². The lowest BCUT2D eigenvalue weighted by atomic mass is 9.99. The van der Waals surface area contributed by atoms with Gasteiger partial charge in [0.15, 0.2) is 12.4 Å². The maximum atomic E-state index is 13.3. The van der Waals surface area contributed by atoms with Gasteiger partial charge in [-0.2, -0.15) is 0 Å². The van der Waals surface area contributed by atoms with Gasteiger partial charge in [-0.15, -0.1) is 0 Å². The molecule has 0 aromatic heterocycles. The molecule has 8 atom stereocenters. The van der Waals surface area contributed by atoms with Crippen LogP contribution in [0.5, 0.6) is 0 Å². The summed E-state index contributed by atoms with van der Waals surface area (Å²) in [4.78, 5) is 26.4. The molecular formula is C58H99NO10. The van der Waals surface area contributed by atoms with Crippen molar-refractivity contribution in [2.75, 3.05) is 13.2 Å². The number of allylic oxidation sites excluding steroid dienone is 13. The Hall–Kier alpha value is -3.16. The highest BCUT2D eigenvalue weighted by atomic mass is 16.7. The zero-order valence-electron chi connectivity index (χ0n) is 43.4. The van der Waals surface area contributed by atoms with Crippen molar-refractivity contribution in [3.05, 3.63) is 85.1 Å². The van der Waals surface area contributed by atoms with E-state index in [1.807, 2.05) is 42.5 Å². The first-order chi connectivity index (χ1) is 33.7. The van der Waals surface area contributed by atoms with Crippen LogP contribution < -0.4 is 5.32 Å². The Morgan fingerprint density at radius 1 is 0.594 bits per heavy atom. The van der Waals surface area contributed by atoms with Gasteiger partial charge >= 0.3 is 5.97 Å². The quantitative estimate of drug-likeness (QED) is 0.0149. The maximum Gasteiger partial charge on any atom is 0.306 e. The lowest BCUT2D eigenvalue weighted by molar-refractivity contribution is -0.305. The van der Waals surface area contributed by atoms with E-state index in [9.17, 15) is 35.1 Å². The predicted octanol–water partition coefficient (Wildman–Crippen LogP) is 11.8. The molecule has 0 radical (unpaired) electrons. The average Bonchev–Trinajstić information content (AvgIpc) is 3.34. The van der Waals surface area contributed by atoms with Gasteiger partial charge in [-0.05, 0) is 70.6 Å². The number of rotatable bonds is 44. The number of carbonyl (C=O) groups is 2. The average molecular weight is 970 g/mol. The number of esters is 1. The van der Waals surface area contributed by atoms with Crippen LogP contribution in [0.1, 0.15) is 207 Å². The minimum atomic E-state index is -1.63. The number of carbonyl (C=O) groups excluding carboxylic acids is 2. The second kappa shape index (κ2) is 45.9. The second-order valence-electron chi connectivity index (χ2n) is 18.6. The van der Waals surface area contributed by atoms with Crippen molar-refractivity contribution in [1.29, 1.82) is 0 Å². The summed E-state index contributed by atoms with van der Waals surface area (Å²) in [5.74, 6) is -1.23. The smallest absolute Gasteiger partial charge is 0.306 e. The molecule has 6 N–H and O–H groups in total. The van der Waals surface area contributed by atoms with Crippen LogP contribution >= 0.6 is 0 Å². The molecular weight excluding hydrogens is 871 g/mol. The Balaban J connectivity index is 2.78. The number of aliphatic hydroxyl groups is 5. The van der Waals surface area contributed by atoms with Gasteiger partial charge in [-0.3, -0.25) is 9.59 Å². The molecule has 11 heteroatoms. The summed E-state index contributed by atoms with van der Waals surface area (Å²) in [6.07, 6.45) is 47.7. The summed E-state index contributed by atoms with van der Waals surface area (Å²) in [5, 5.41) is 56.7. The van der Waals surface area contributed by atoms with Crippen molar-refractivity contribution in [3.63, 3.8) is 0 Å². The fourth-order valence-corrected chi connectivity index (χ4v) is 8.05. The molecule has 0 aromatic carbocycles. The van der Waals surface area contributed by atoms with E-state index in [1.165, 1.54) is 51.4 Å². The lowest BCUT2D eigenvalue weighted by Gasteiger charge is -2.41. The van der Waals surface area contributed by atoms with Crippen molar-refractivity contribution < 1.29 is 49.3 Å². The molecule has 69 heavy (non-hydrogen) atoms. The molecule has 0 spiro atoms. The Morgan fingerprint density at radius 2 is 1.12 bits per heavy atom. The predicted molar refractivity (Wildman–Crippen MR) is 282 cm³/mol. The minimum absolute atomic E-state index is 0.0925. The highest BCUT2D eigenvalue weighted by Gasteiger charge is 2.47. The number of hydrogen-bond donors (Lipinski definition) is 6. The highest BCUT2D eigenvalue weighted by Crippen LogP contribution is 2.26. The molecule has 0 aliphatic carbocycles. The SMILES string of the molecule is CC/C=C/C=C/C=C/C=C\CCCCCCCC(=O)OC1C(OCC(NC(=O)C(O)CCCCCCCC/C=C/C/C=C/CC)C(O)/C=C/CCCCCCCCCCCC)OC(CO)C(O)C1O. The molecule has 1 aliphatic rings. The van der Waals surface area contributed by atoms with Gasteiger partial charge < -0.3 is 45.1 Å². The number of nitrogens with one attached hydrogen (secondary N) is 1. The summed E-state index contributed by atoms with van der Waals surface area (Å²) in [7, 11) is 0. The van der Waals surface area contributed by atoms with Crippen LogP contribution in [0.25, 0.3) is 0 Å². The standard InChI is InChI=1S/C58H99NO10/c1-4-7-10-13-16-19-22-25-26-28-31-34-37-40-43-46-53(63)69-56-55(65)54(64)52(47-60)68-58(56)67-48-49(50(61)44-41-38-35-32-29-24-21-18-15-12-9-6-3)59-57(66)51(62)45-42-39-36-33-30-27-23-20-17-14-11-8-5-2/h7-8,10-11,13,16-17,19-20,22,25-26,41,44,49-52,54-56,58,60-62,64-65H,4-6,9,12,14-15,18,21,23-24,27-40,42-43,45-48H2,1-3H3,(H,59,66)/b10-7+,11-8+,16-13+,20-17+,22-19+,26-25-,44-41+. The van der Waals surface area contributed by atoms with Crippen LogP contribution in [0.15, 0.2) is 85.1 Å². The van der Waals surface area contributed by atoms with Crippen molar-refractivity contribution in [1.82, 2.24) is 5.32 Å². The molecule has 1 fully saturated rings. The zero-order chi connectivity index (χ0) is 50.4. The van der Waals surface area contributed by atoms with Crippen molar-refractivity contribution >= 4 is 11.9 Å². The zero-order valence-corrected chi connectivity index (χ0v) is 43.4. The van der Waals surface area contributed by atoms with Crippen LogP contribution in [-0.4, -0.2) is 99.6 Å². The molecule has 396 valence electrons. The van der Waals surface area contributed by atoms with E-state index in [1.54, 1.807) is 6.08 Å². The van der Waals surface area contributed by atoms with E-state index in [4.69, 9.17) is 14.2 Å². The van der Waals surface area contributed by atoms with E-state index >= 15 is 0 Å². The van der Waals surface area contributed by atoms with Crippen molar-refractivity contribution in [3.8, 4) is 0 Å². The summed E-state index contributed by atoms with van der Waals surface area (Å²) in [6, 6.07) is -1.04. The molecule has 11 nitrogen and oxygen atoms in total. The monoisotopic (exact) mass is 970 g/mol. The van der Waals surface area contributed by atoms with E-state index in [0.717, 1.165) is 109 Å². The fraction of sp³-hybridized carbons (Fsp3) is 0.724. The van der Waals surface area contributed by atoms with Crippen LogP contribution in [0.3, 0.4) is 0 Å². The van der Waals surface area contributed by atoms with E-state index in [0.29, 0.717) is 12.8 Å². The third kappa shape index (κ3) is 34.7. The number of ether oxygens (including phenoxy) is 3. The molecule has 0 saturated carbocycles. The summed E-state index contributed by atoms with van der Waals surface area (Å²) in [5.41, 5.74) is 0. The van der Waals surface area contributed by atoms with Crippen molar-refractivity contribution in [2.24, 2.45) is 0 Å². The molecule has 1 rings (SSSR count). The fourth-order valence-electron chi connectivity index (χ4n) is 8.05. The van der Waals surface area contributed by atoms with Gasteiger partial charge in [-0.25, -0.2) is 0 Å². The van der Waals surface area contributed by atoms with Gasteiger partial charge in [0.05, 0.1) is 25.4 Å². The van der Waals surface area contributed by atoms with E-state index < -0.39 is 67.4 Å².